The van der Waals surface area contributed by atoms with Gasteiger partial charge in [0.05, 0.1) is 13.2 Å². The number of carboxylic acids is 1. The molecule has 1 aliphatic heterocycles. The van der Waals surface area contributed by atoms with Crippen molar-refractivity contribution in [2.45, 2.75) is 44.8 Å². The maximum Gasteiger partial charge on any atom is 0.303 e. The van der Waals surface area contributed by atoms with Gasteiger partial charge in [0, 0.05) is 26.1 Å². The average molecular weight is 358 g/mol. The number of hydrogen-bond acceptors (Lipinski definition) is 4. The van der Waals surface area contributed by atoms with Gasteiger partial charge in [-0.25, -0.2) is 0 Å². The smallest absolute Gasteiger partial charge is 0.303 e. The zero-order valence-electron chi connectivity index (χ0n) is 14.3. The summed E-state index contributed by atoms with van der Waals surface area (Å²) in [6, 6.07) is 8.10. The van der Waals surface area contributed by atoms with E-state index in [4.69, 9.17) is 14.6 Å². The molecule has 0 saturated carbocycles. The van der Waals surface area contributed by atoms with Crippen LogP contribution in [0.3, 0.4) is 0 Å². The van der Waals surface area contributed by atoms with Crippen molar-refractivity contribution in [1.29, 1.82) is 0 Å². The van der Waals surface area contributed by atoms with Crippen LogP contribution >= 0.6 is 12.4 Å². The molecule has 5 nitrogen and oxygen atoms in total. The summed E-state index contributed by atoms with van der Waals surface area (Å²) >= 11 is 0. The quantitative estimate of drug-likeness (QED) is 0.651. The standard InChI is InChI=1S/C18H27NO4.ClH/c1-22-16-7-4-6-15(12-16)13-19(10-3-2-9-18(20)21)14-17-8-5-11-23-17;/h4,6-7,12,17H,2-3,5,8-11,13-14H2,1H3,(H,20,21);1H. The van der Waals surface area contributed by atoms with Crippen molar-refractivity contribution >= 4 is 18.4 Å². The van der Waals surface area contributed by atoms with Gasteiger partial charge in [0.15, 0.2) is 0 Å². The summed E-state index contributed by atoms with van der Waals surface area (Å²) in [4.78, 5) is 13.0. The molecule has 0 aromatic heterocycles. The van der Waals surface area contributed by atoms with Crippen molar-refractivity contribution in [3.05, 3.63) is 29.8 Å². The van der Waals surface area contributed by atoms with E-state index in [0.717, 1.165) is 57.7 Å². The first-order chi connectivity index (χ1) is 11.2. The second-order valence-electron chi connectivity index (χ2n) is 6.07. The maximum absolute atomic E-state index is 10.6. The van der Waals surface area contributed by atoms with Crippen molar-refractivity contribution in [2.24, 2.45) is 0 Å². The Morgan fingerprint density at radius 1 is 1.42 bits per heavy atom. The lowest BCUT2D eigenvalue weighted by atomic mass is 10.1. The largest absolute Gasteiger partial charge is 0.497 e. The first-order valence-corrected chi connectivity index (χ1v) is 8.36. The van der Waals surface area contributed by atoms with Gasteiger partial charge in [-0.1, -0.05) is 12.1 Å². The van der Waals surface area contributed by atoms with E-state index < -0.39 is 5.97 Å². The van der Waals surface area contributed by atoms with Crippen molar-refractivity contribution in [3.63, 3.8) is 0 Å². The molecular formula is C18H28ClNO4. The van der Waals surface area contributed by atoms with Gasteiger partial charge in [-0.05, 0) is 49.9 Å². The van der Waals surface area contributed by atoms with E-state index >= 15 is 0 Å². The molecule has 2 rings (SSSR count). The molecule has 0 aliphatic carbocycles. The van der Waals surface area contributed by atoms with Crippen LogP contribution in [0.1, 0.15) is 37.7 Å². The summed E-state index contributed by atoms with van der Waals surface area (Å²) in [5.74, 6) is 0.147. The van der Waals surface area contributed by atoms with Gasteiger partial charge in [0.1, 0.15) is 5.75 Å². The van der Waals surface area contributed by atoms with Crippen molar-refractivity contribution in [1.82, 2.24) is 4.90 Å². The van der Waals surface area contributed by atoms with E-state index in [0.29, 0.717) is 6.10 Å². The Kier molecular flexibility index (Phi) is 9.76. The number of nitrogens with zero attached hydrogens (tertiary/aromatic N) is 1. The first-order valence-electron chi connectivity index (χ1n) is 8.36. The Bertz CT molecular complexity index is 492. The number of carboxylic acid groups (broad SMARTS) is 1. The average Bonchev–Trinajstić information content (AvgIpc) is 3.04. The molecule has 136 valence electrons. The molecule has 1 N–H and O–H groups in total. The van der Waals surface area contributed by atoms with Crippen LogP contribution in [-0.4, -0.2) is 48.9 Å². The highest BCUT2D eigenvalue weighted by molar-refractivity contribution is 5.85. The minimum Gasteiger partial charge on any atom is -0.497 e. The molecule has 24 heavy (non-hydrogen) atoms. The van der Waals surface area contributed by atoms with Gasteiger partial charge in [0.2, 0.25) is 0 Å². The Morgan fingerprint density at radius 2 is 2.25 bits per heavy atom. The van der Waals surface area contributed by atoms with Gasteiger partial charge >= 0.3 is 5.97 Å². The summed E-state index contributed by atoms with van der Waals surface area (Å²) < 4.78 is 11.0. The van der Waals surface area contributed by atoms with Gasteiger partial charge < -0.3 is 14.6 Å². The zero-order chi connectivity index (χ0) is 16.5. The number of unbranched alkanes of at least 4 members (excludes halogenated alkanes) is 1. The summed E-state index contributed by atoms with van der Waals surface area (Å²) in [5, 5.41) is 8.75. The summed E-state index contributed by atoms with van der Waals surface area (Å²) in [6.45, 7) is 3.50. The molecule has 6 heteroatoms. The van der Waals surface area contributed by atoms with Crippen LogP contribution in [0.5, 0.6) is 5.75 Å². The SMILES string of the molecule is COc1cccc(CN(CCCCC(=O)O)CC2CCCO2)c1.Cl. The van der Waals surface area contributed by atoms with Crippen molar-refractivity contribution < 1.29 is 19.4 Å². The predicted octanol–water partition coefficient (Wildman–Crippen LogP) is 3.35. The molecule has 1 saturated heterocycles. The molecule has 1 heterocycles. The third-order valence-corrected chi connectivity index (χ3v) is 4.14. The Labute approximate surface area is 150 Å². The predicted molar refractivity (Wildman–Crippen MR) is 96.0 cm³/mol. The van der Waals surface area contributed by atoms with E-state index in [1.54, 1.807) is 7.11 Å². The number of halogens is 1. The van der Waals surface area contributed by atoms with Crippen LogP contribution in [0, 0.1) is 0 Å². The number of methoxy groups -OCH3 is 1. The molecule has 0 amide bonds. The van der Waals surface area contributed by atoms with E-state index in [1.807, 2.05) is 12.1 Å². The minimum atomic E-state index is -0.719. The molecule has 1 unspecified atom stereocenters. The molecule has 0 spiro atoms. The number of carbonyl (C=O) groups is 1. The molecular weight excluding hydrogens is 330 g/mol. The van der Waals surface area contributed by atoms with E-state index in [9.17, 15) is 4.79 Å². The summed E-state index contributed by atoms with van der Waals surface area (Å²) in [7, 11) is 1.68. The lowest BCUT2D eigenvalue weighted by molar-refractivity contribution is -0.137. The molecule has 1 aliphatic rings. The van der Waals surface area contributed by atoms with Crippen LogP contribution in [0.4, 0.5) is 0 Å². The van der Waals surface area contributed by atoms with Crippen molar-refractivity contribution in [2.75, 3.05) is 26.8 Å². The minimum absolute atomic E-state index is 0. The molecule has 0 radical (unpaired) electrons. The van der Waals surface area contributed by atoms with E-state index in [2.05, 4.69) is 17.0 Å². The Morgan fingerprint density at radius 3 is 2.92 bits per heavy atom. The molecule has 1 aromatic rings. The summed E-state index contributed by atoms with van der Waals surface area (Å²) in [6.07, 6.45) is 4.41. The second-order valence-corrected chi connectivity index (χ2v) is 6.07. The fraction of sp³-hybridized carbons (Fsp3) is 0.611. The third-order valence-electron chi connectivity index (χ3n) is 4.14. The lowest BCUT2D eigenvalue weighted by Gasteiger charge is -2.25. The Balaban J connectivity index is 0.00000288. The van der Waals surface area contributed by atoms with Crippen LogP contribution in [0.25, 0.3) is 0 Å². The highest BCUT2D eigenvalue weighted by Gasteiger charge is 2.19. The number of benzene rings is 1. The molecule has 1 aromatic carbocycles. The first kappa shape index (κ1) is 20.7. The molecule has 0 bridgehead atoms. The topological polar surface area (TPSA) is 59.0 Å². The zero-order valence-corrected chi connectivity index (χ0v) is 15.1. The third kappa shape index (κ3) is 7.51. The maximum atomic E-state index is 10.6. The molecule has 1 atom stereocenters. The second kappa shape index (κ2) is 11.3. The summed E-state index contributed by atoms with van der Waals surface area (Å²) in [5.41, 5.74) is 1.21. The lowest BCUT2D eigenvalue weighted by Crippen LogP contribution is -2.32. The number of rotatable bonds is 10. The van der Waals surface area contributed by atoms with E-state index in [-0.39, 0.29) is 18.8 Å². The van der Waals surface area contributed by atoms with Gasteiger partial charge in [0.25, 0.3) is 0 Å². The number of aliphatic carboxylic acids is 1. The van der Waals surface area contributed by atoms with Gasteiger partial charge in [-0.3, -0.25) is 9.69 Å². The molecule has 1 fully saturated rings. The van der Waals surface area contributed by atoms with Crippen molar-refractivity contribution in [3.8, 4) is 5.75 Å². The van der Waals surface area contributed by atoms with Crippen LogP contribution < -0.4 is 4.74 Å². The van der Waals surface area contributed by atoms with Gasteiger partial charge in [-0.2, -0.15) is 0 Å². The normalized spacial score (nSPS) is 16.8. The van der Waals surface area contributed by atoms with Gasteiger partial charge in [-0.15, -0.1) is 12.4 Å². The van der Waals surface area contributed by atoms with E-state index in [1.165, 1.54) is 5.56 Å². The Hall–Kier alpha value is -1.30. The monoisotopic (exact) mass is 357 g/mol. The fourth-order valence-corrected chi connectivity index (χ4v) is 2.95. The van der Waals surface area contributed by atoms with Crippen LogP contribution in [0.2, 0.25) is 0 Å². The highest BCUT2D eigenvalue weighted by Crippen LogP contribution is 2.18. The number of hydrogen-bond donors (Lipinski definition) is 1. The van der Waals surface area contributed by atoms with Crippen LogP contribution in [-0.2, 0) is 16.1 Å². The highest BCUT2D eigenvalue weighted by atomic mass is 35.5. The number of ether oxygens (including phenoxy) is 2. The fourth-order valence-electron chi connectivity index (χ4n) is 2.95. The van der Waals surface area contributed by atoms with Crippen LogP contribution in [0.15, 0.2) is 24.3 Å².